The van der Waals surface area contributed by atoms with E-state index in [0.717, 1.165) is 18.9 Å². The van der Waals surface area contributed by atoms with Crippen LogP contribution in [-0.2, 0) is 26.6 Å². The zero-order chi connectivity index (χ0) is 18.9. The van der Waals surface area contributed by atoms with Crippen LogP contribution in [0.2, 0.25) is 0 Å². The molecule has 2 N–H and O–H groups in total. The van der Waals surface area contributed by atoms with Gasteiger partial charge in [0.15, 0.2) is 0 Å². The van der Waals surface area contributed by atoms with E-state index in [4.69, 9.17) is 0 Å². The standard InChI is InChI=1S/C17H19FN2O4S2/c1-12-5-6-13(9-17(12)18)11-19-25(21,22)15-3-2-4-16(10-15)26(23,24)20-14-7-8-14/h2-6,9-10,14,19-20H,7-8,11H2,1H3. The van der Waals surface area contributed by atoms with Crippen molar-refractivity contribution in [3.05, 3.63) is 59.4 Å². The van der Waals surface area contributed by atoms with E-state index in [1.807, 2.05) is 0 Å². The van der Waals surface area contributed by atoms with Gasteiger partial charge >= 0.3 is 0 Å². The van der Waals surface area contributed by atoms with Crippen LogP contribution in [0.15, 0.2) is 52.3 Å². The number of hydrogen-bond acceptors (Lipinski definition) is 4. The van der Waals surface area contributed by atoms with Crippen LogP contribution in [-0.4, -0.2) is 22.9 Å². The molecular weight excluding hydrogens is 379 g/mol. The van der Waals surface area contributed by atoms with Crippen molar-refractivity contribution < 1.29 is 21.2 Å². The van der Waals surface area contributed by atoms with Gasteiger partial charge in [-0.05, 0) is 55.2 Å². The van der Waals surface area contributed by atoms with Gasteiger partial charge in [0.1, 0.15) is 5.82 Å². The maximum Gasteiger partial charge on any atom is 0.240 e. The fourth-order valence-corrected chi connectivity index (χ4v) is 4.79. The number of hydrogen-bond donors (Lipinski definition) is 2. The summed E-state index contributed by atoms with van der Waals surface area (Å²) in [4.78, 5) is -0.266. The second kappa shape index (κ2) is 7.07. The molecule has 26 heavy (non-hydrogen) atoms. The van der Waals surface area contributed by atoms with E-state index in [9.17, 15) is 21.2 Å². The van der Waals surface area contributed by atoms with Crippen LogP contribution < -0.4 is 9.44 Å². The molecule has 2 aromatic carbocycles. The van der Waals surface area contributed by atoms with Gasteiger partial charge in [0.05, 0.1) is 9.79 Å². The molecule has 1 aliphatic rings. The zero-order valence-electron chi connectivity index (χ0n) is 14.1. The van der Waals surface area contributed by atoms with Crippen molar-refractivity contribution in [1.82, 2.24) is 9.44 Å². The van der Waals surface area contributed by atoms with Gasteiger partial charge in [-0.3, -0.25) is 0 Å². The summed E-state index contributed by atoms with van der Waals surface area (Å²) in [6.45, 7) is 1.52. The first-order chi connectivity index (χ1) is 12.2. The number of sulfonamides is 2. The molecule has 0 radical (unpaired) electrons. The van der Waals surface area contributed by atoms with Gasteiger partial charge in [0, 0.05) is 12.6 Å². The molecule has 0 unspecified atom stereocenters. The van der Waals surface area contributed by atoms with Gasteiger partial charge in [-0.15, -0.1) is 0 Å². The monoisotopic (exact) mass is 398 g/mol. The lowest BCUT2D eigenvalue weighted by Crippen LogP contribution is -2.27. The summed E-state index contributed by atoms with van der Waals surface area (Å²) in [5.41, 5.74) is 0.938. The Morgan fingerprint density at radius 1 is 1.00 bits per heavy atom. The third-order valence-electron chi connectivity index (χ3n) is 4.03. The highest BCUT2D eigenvalue weighted by Crippen LogP contribution is 2.23. The SMILES string of the molecule is Cc1ccc(CNS(=O)(=O)c2cccc(S(=O)(=O)NC3CC3)c2)cc1F. The number of nitrogens with one attached hydrogen (secondary N) is 2. The van der Waals surface area contributed by atoms with Crippen LogP contribution >= 0.6 is 0 Å². The fourth-order valence-electron chi connectivity index (χ4n) is 2.31. The second-order valence-electron chi connectivity index (χ2n) is 6.28. The van der Waals surface area contributed by atoms with E-state index >= 15 is 0 Å². The van der Waals surface area contributed by atoms with Crippen molar-refractivity contribution in [1.29, 1.82) is 0 Å². The quantitative estimate of drug-likeness (QED) is 0.747. The summed E-state index contributed by atoms with van der Waals surface area (Å²) in [6, 6.07) is 9.53. The van der Waals surface area contributed by atoms with Gasteiger partial charge in [-0.25, -0.2) is 30.7 Å². The molecule has 0 amide bonds. The average molecular weight is 398 g/mol. The molecule has 0 saturated heterocycles. The van der Waals surface area contributed by atoms with Crippen molar-refractivity contribution in [3.63, 3.8) is 0 Å². The highest BCUT2D eigenvalue weighted by molar-refractivity contribution is 7.90. The molecule has 0 atom stereocenters. The number of benzene rings is 2. The third-order valence-corrected chi connectivity index (χ3v) is 6.94. The van der Waals surface area contributed by atoms with Crippen LogP contribution in [0.25, 0.3) is 0 Å². The molecule has 0 aliphatic heterocycles. The minimum atomic E-state index is -3.94. The van der Waals surface area contributed by atoms with Gasteiger partial charge in [-0.2, -0.15) is 0 Å². The van der Waals surface area contributed by atoms with Crippen molar-refractivity contribution >= 4 is 20.0 Å². The normalized spacial score (nSPS) is 15.2. The van der Waals surface area contributed by atoms with Gasteiger partial charge in [-0.1, -0.05) is 18.2 Å². The lowest BCUT2D eigenvalue weighted by molar-refractivity contribution is 0.578. The number of halogens is 1. The smallest absolute Gasteiger partial charge is 0.208 e. The molecule has 1 fully saturated rings. The first kappa shape index (κ1) is 19.0. The maximum absolute atomic E-state index is 13.6. The molecule has 0 aromatic heterocycles. The molecule has 1 saturated carbocycles. The van der Waals surface area contributed by atoms with Gasteiger partial charge < -0.3 is 0 Å². The van der Waals surface area contributed by atoms with E-state index in [1.54, 1.807) is 19.1 Å². The molecule has 2 aromatic rings. The molecule has 3 rings (SSSR count). The largest absolute Gasteiger partial charge is 0.240 e. The molecule has 6 nitrogen and oxygen atoms in total. The van der Waals surface area contributed by atoms with E-state index in [1.165, 1.54) is 24.3 Å². The first-order valence-corrected chi connectivity index (χ1v) is 11.0. The predicted molar refractivity (Wildman–Crippen MR) is 94.9 cm³/mol. The van der Waals surface area contributed by atoms with Crippen LogP contribution in [0.3, 0.4) is 0 Å². The minimum Gasteiger partial charge on any atom is -0.208 e. The Labute approximate surface area is 152 Å². The maximum atomic E-state index is 13.6. The molecule has 9 heteroatoms. The Balaban J connectivity index is 1.78. The average Bonchev–Trinajstić information content (AvgIpc) is 3.39. The Morgan fingerprint density at radius 2 is 1.65 bits per heavy atom. The topological polar surface area (TPSA) is 92.3 Å². The Kier molecular flexibility index (Phi) is 5.16. The van der Waals surface area contributed by atoms with E-state index < -0.39 is 25.9 Å². The molecule has 140 valence electrons. The highest BCUT2D eigenvalue weighted by atomic mass is 32.2. The molecule has 0 heterocycles. The molecule has 0 bridgehead atoms. The van der Waals surface area contributed by atoms with E-state index in [0.29, 0.717) is 11.1 Å². The summed E-state index contributed by atoms with van der Waals surface area (Å²) < 4.78 is 67.8. The predicted octanol–water partition coefficient (Wildman–Crippen LogP) is 2.05. The number of rotatable bonds is 7. The zero-order valence-corrected chi connectivity index (χ0v) is 15.7. The fraction of sp³-hybridized carbons (Fsp3) is 0.294. The van der Waals surface area contributed by atoms with Gasteiger partial charge in [0.25, 0.3) is 0 Å². The van der Waals surface area contributed by atoms with E-state index in [2.05, 4.69) is 9.44 Å². The van der Waals surface area contributed by atoms with Crippen LogP contribution in [0, 0.1) is 12.7 Å². The second-order valence-corrected chi connectivity index (χ2v) is 9.76. The third kappa shape index (κ3) is 4.47. The lowest BCUT2D eigenvalue weighted by Gasteiger charge is -2.10. The first-order valence-electron chi connectivity index (χ1n) is 8.04. The Bertz CT molecular complexity index is 1030. The highest BCUT2D eigenvalue weighted by Gasteiger charge is 2.28. The molecule has 0 spiro atoms. The van der Waals surface area contributed by atoms with Crippen molar-refractivity contribution in [2.24, 2.45) is 0 Å². The van der Waals surface area contributed by atoms with Crippen molar-refractivity contribution in [2.45, 2.75) is 42.1 Å². The summed E-state index contributed by atoms with van der Waals surface area (Å²) in [6.07, 6.45) is 1.57. The lowest BCUT2D eigenvalue weighted by atomic mass is 10.1. The summed E-state index contributed by atoms with van der Waals surface area (Å²) in [5, 5.41) is 0. The van der Waals surface area contributed by atoms with Crippen molar-refractivity contribution in [2.75, 3.05) is 0 Å². The number of aryl methyl sites for hydroxylation is 1. The van der Waals surface area contributed by atoms with E-state index in [-0.39, 0.29) is 22.4 Å². The van der Waals surface area contributed by atoms with Crippen LogP contribution in [0.5, 0.6) is 0 Å². The van der Waals surface area contributed by atoms with Gasteiger partial charge in [0.2, 0.25) is 20.0 Å². The minimum absolute atomic E-state index is 0.0742. The van der Waals surface area contributed by atoms with Crippen LogP contribution in [0.1, 0.15) is 24.0 Å². The molecular formula is C17H19FN2O4S2. The summed E-state index contributed by atoms with van der Waals surface area (Å²) >= 11 is 0. The molecule has 1 aliphatic carbocycles. The Morgan fingerprint density at radius 3 is 2.27 bits per heavy atom. The van der Waals surface area contributed by atoms with Crippen LogP contribution in [0.4, 0.5) is 4.39 Å². The Hall–Kier alpha value is -1.81. The van der Waals surface area contributed by atoms with Crippen molar-refractivity contribution in [3.8, 4) is 0 Å². The summed E-state index contributed by atoms with van der Waals surface area (Å²) in [7, 11) is -7.69. The summed E-state index contributed by atoms with van der Waals surface area (Å²) in [5.74, 6) is -0.416.